The summed E-state index contributed by atoms with van der Waals surface area (Å²) in [5.74, 6) is 0. The highest BCUT2D eigenvalue weighted by molar-refractivity contribution is 9.10. The summed E-state index contributed by atoms with van der Waals surface area (Å²) in [5.41, 5.74) is 0. The lowest BCUT2D eigenvalue weighted by Crippen LogP contribution is -2.41. The molecule has 0 saturated heterocycles. The number of halogens is 1. The fourth-order valence-corrected chi connectivity index (χ4v) is 3.97. The van der Waals surface area contributed by atoms with Crippen molar-refractivity contribution < 1.29 is 8.42 Å². The second kappa shape index (κ2) is 6.35. The number of benzene rings is 1. The summed E-state index contributed by atoms with van der Waals surface area (Å²) in [6.07, 6.45) is 3.82. The molecule has 0 atom stereocenters. The Labute approximate surface area is 123 Å². The molecule has 1 aliphatic rings. The average Bonchev–Trinajstić information content (AvgIpc) is 2.40. The van der Waals surface area contributed by atoms with Gasteiger partial charge in [-0.05, 0) is 57.0 Å². The van der Waals surface area contributed by atoms with E-state index >= 15 is 0 Å². The van der Waals surface area contributed by atoms with E-state index in [1.807, 2.05) is 7.05 Å². The molecule has 1 aromatic carbocycles. The van der Waals surface area contributed by atoms with Crippen molar-refractivity contribution in [1.29, 1.82) is 0 Å². The fraction of sp³-hybridized carbons (Fsp3) is 0.538. The van der Waals surface area contributed by atoms with Crippen LogP contribution in [0.2, 0.25) is 0 Å². The maximum atomic E-state index is 12.2. The Morgan fingerprint density at radius 3 is 2.11 bits per heavy atom. The molecule has 1 fully saturated rings. The summed E-state index contributed by atoms with van der Waals surface area (Å²) in [7, 11) is -1.44. The summed E-state index contributed by atoms with van der Waals surface area (Å²) in [4.78, 5) is 0.325. The van der Waals surface area contributed by atoms with Gasteiger partial charge in [0.1, 0.15) is 0 Å². The third-order valence-electron chi connectivity index (χ3n) is 3.58. The van der Waals surface area contributed by atoms with Crippen LogP contribution >= 0.6 is 15.9 Å². The quantitative estimate of drug-likeness (QED) is 0.878. The minimum atomic E-state index is -3.39. The zero-order chi connectivity index (χ0) is 13.9. The lowest BCUT2D eigenvalue weighted by Gasteiger charge is -2.28. The van der Waals surface area contributed by atoms with Gasteiger partial charge in [0.05, 0.1) is 4.90 Å². The predicted molar refractivity (Wildman–Crippen MR) is 79.6 cm³/mol. The number of hydrogen-bond acceptors (Lipinski definition) is 3. The van der Waals surface area contributed by atoms with E-state index in [1.165, 1.54) is 0 Å². The van der Waals surface area contributed by atoms with Crippen LogP contribution in [0.4, 0.5) is 0 Å². The summed E-state index contributed by atoms with van der Waals surface area (Å²) in [6.45, 7) is 0. The minimum absolute atomic E-state index is 0.0539. The molecule has 0 unspecified atom stereocenters. The monoisotopic (exact) mass is 346 g/mol. The molecular weight excluding hydrogens is 328 g/mol. The van der Waals surface area contributed by atoms with Crippen LogP contribution in [0.25, 0.3) is 0 Å². The Balaban J connectivity index is 2.00. The van der Waals surface area contributed by atoms with Crippen molar-refractivity contribution in [2.24, 2.45) is 0 Å². The molecule has 19 heavy (non-hydrogen) atoms. The van der Waals surface area contributed by atoms with Crippen LogP contribution < -0.4 is 10.0 Å². The van der Waals surface area contributed by atoms with Crippen LogP contribution in [0.1, 0.15) is 25.7 Å². The summed E-state index contributed by atoms with van der Waals surface area (Å²) in [6, 6.07) is 7.29. The normalized spacial score (nSPS) is 24.3. The van der Waals surface area contributed by atoms with Crippen molar-refractivity contribution in [2.75, 3.05) is 7.05 Å². The molecular formula is C13H19BrN2O2S. The number of nitrogens with one attached hydrogen (secondary N) is 2. The van der Waals surface area contributed by atoms with Crippen LogP contribution in [-0.2, 0) is 10.0 Å². The lowest BCUT2D eigenvalue weighted by molar-refractivity contribution is 0.343. The third-order valence-corrected chi connectivity index (χ3v) is 5.65. The number of rotatable bonds is 4. The molecule has 6 heteroatoms. The summed E-state index contributed by atoms with van der Waals surface area (Å²) in [5, 5.41) is 3.24. The summed E-state index contributed by atoms with van der Waals surface area (Å²) >= 11 is 3.30. The molecule has 0 aliphatic heterocycles. The molecule has 2 rings (SSSR count). The molecule has 0 amide bonds. The topological polar surface area (TPSA) is 58.2 Å². The Morgan fingerprint density at radius 1 is 1.05 bits per heavy atom. The first-order chi connectivity index (χ1) is 9.01. The van der Waals surface area contributed by atoms with Crippen molar-refractivity contribution >= 4 is 26.0 Å². The molecule has 4 nitrogen and oxygen atoms in total. The standard InChI is InChI=1S/C13H19BrN2O2S/c1-15-11-4-6-12(7-5-11)16-19(17,18)13-8-2-10(14)3-9-13/h2-3,8-9,11-12,15-16H,4-7H2,1H3. The Hall–Kier alpha value is -0.430. The Kier molecular flexibility index (Phi) is 5.00. The molecule has 1 saturated carbocycles. The average molecular weight is 347 g/mol. The molecule has 2 N–H and O–H groups in total. The first-order valence-corrected chi connectivity index (χ1v) is 8.74. The largest absolute Gasteiger partial charge is 0.317 e. The van der Waals surface area contributed by atoms with E-state index in [4.69, 9.17) is 0 Å². The van der Waals surface area contributed by atoms with E-state index in [2.05, 4.69) is 26.0 Å². The van der Waals surface area contributed by atoms with Crippen LogP contribution in [0, 0.1) is 0 Å². The van der Waals surface area contributed by atoms with Gasteiger partial charge in [-0.1, -0.05) is 15.9 Å². The maximum Gasteiger partial charge on any atom is 0.240 e. The molecule has 0 bridgehead atoms. The van der Waals surface area contributed by atoms with Crippen LogP contribution in [0.15, 0.2) is 33.6 Å². The third kappa shape index (κ3) is 4.02. The van der Waals surface area contributed by atoms with Crippen molar-refractivity contribution in [2.45, 2.75) is 42.7 Å². The van der Waals surface area contributed by atoms with Crippen molar-refractivity contribution in [1.82, 2.24) is 10.0 Å². The van der Waals surface area contributed by atoms with Crippen LogP contribution in [0.5, 0.6) is 0 Å². The second-order valence-corrected chi connectivity index (χ2v) is 7.54. The van der Waals surface area contributed by atoms with Crippen molar-refractivity contribution in [3.05, 3.63) is 28.7 Å². The zero-order valence-electron chi connectivity index (χ0n) is 10.9. The zero-order valence-corrected chi connectivity index (χ0v) is 13.3. The second-order valence-electron chi connectivity index (χ2n) is 4.91. The molecule has 0 heterocycles. The molecule has 1 aromatic rings. The van der Waals surface area contributed by atoms with Gasteiger partial charge in [-0.3, -0.25) is 0 Å². The van der Waals surface area contributed by atoms with Gasteiger partial charge in [0.25, 0.3) is 0 Å². The minimum Gasteiger partial charge on any atom is -0.317 e. The molecule has 0 spiro atoms. The molecule has 1 aliphatic carbocycles. The van der Waals surface area contributed by atoms with E-state index in [0.29, 0.717) is 10.9 Å². The Morgan fingerprint density at radius 2 is 1.58 bits per heavy atom. The van der Waals surface area contributed by atoms with Gasteiger partial charge in [-0.15, -0.1) is 0 Å². The van der Waals surface area contributed by atoms with Gasteiger partial charge in [0, 0.05) is 16.6 Å². The first kappa shape index (κ1) is 15.0. The van der Waals surface area contributed by atoms with Gasteiger partial charge in [-0.25, -0.2) is 13.1 Å². The Bertz CT molecular complexity index is 508. The van der Waals surface area contributed by atoms with Crippen LogP contribution in [-0.4, -0.2) is 27.5 Å². The van der Waals surface area contributed by atoms with Gasteiger partial charge in [-0.2, -0.15) is 0 Å². The number of sulfonamides is 1. The molecule has 106 valence electrons. The molecule has 0 aromatic heterocycles. The maximum absolute atomic E-state index is 12.2. The highest BCUT2D eigenvalue weighted by atomic mass is 79.9. The lowest BCUT2D eigenvalue weighted by atomic mass is 9.92. The first-order valence-electron chi connectivity index (χ1n) is 6.46. The summed E-state index contributed by atoms with van der Waals surface area (Å²) < 4.78 is 28.1. The van der Waals surface area contributed by atoms with E-state index < -0.39 is 10.0 Å². The molecule has 0 radical (unpaired) electrons. The highest BCUT2D eigenvalue weighted by Crippen LogP contribution is 2.21. The fourth-order valence-electron chi connectivity index (χ4n) is 2.40. The van der Waals surface area contributed by atoms with E-state index in [1.54, 1.807) is 24.3 Å². The van der Waals surface area contributed by atoms with Crippen molar-refractivity contribution in [3.8, 4) is 0 Å². The van der Waals surface area contributed by atoms with Gasteiger partial charge >= 0.3 is 0 Å². The van der Waals surface area contributed by atoms with Crippen molar-refractivity contribution in [3.63, 3.8) is 0 Å². The van der Waals surface area contributed by atoms with Crippen LogP contribution in [0.3, 0.4) is 0 Å². The van der Waals surface area contributed by atoms with E-state index in [9.17, 15) is 8.42 Å². The van der Waals surface area contributed by atoms with Gasteiger partial charge in [0.2, 0.25) is 10.0 Å². The van der Waals surface area contributed by atoms with Gasteiger partial charge in [0.15, 0.2) is 0 Å². The van der Waals surface area contributed by atoms with E-state index in [0.717, 1.165) is 30.2 Å². The highest BCUT2D eigenvalue weighted by Gasteiger charge is 2.24. The predicted octanol–water partition coefficient (Wildman–Crippen LogP) is 2.26. The smallest absolute Gasteiger partial charge is 0.240 e. The van der Waals surface area contributed by atoms with E-state index in [-0.39, 0.29) is 6.04 Å². The number of hydrogen-bond donors (Lipinski definition) is 2. The van der Waals surface area contributed by atoms with Gasteiger partial charge < -0.3 is 5.32 Å². The SMILES string of the molecule is CNC1CCC(NS(=O)(=O)c2ccc(Br)cc2)CC1.